The highest BCUT2D eigenvalue weighted by atomic mass is 19.1. The molecule has 0 bridgehead atoms. The van der Waals surface area contributed by atoms with Gasteiger partial charge in [-0.1, -0.05) is 42.5 Å². The number of benzene rings is 2. The lowest BCUT2D eigenvalue weighted by Gasteiger charge is -2.32. The van der Waals surface area contributed by atoms with Crippen LogP contribution in [0.3, 0.4) is 0 Å². The van der Waals surface area contributed by atoms with Gasteiger partial charge in [-0.15, -0.1) is 0 Å². The lowest BCUT2D eigenvalue weighted by atomic mass is 9.93. The molecule has 1 heterocycles. The molecule has 0 aliphatic carbocycles. The van der Waals surface area contributed by atoms with Crippen LogP contribution >= 0.6 is 0 Å². The zero-order valence-corrected chi connectivity index (χ0v) is 15.2. The largest absolute Gasteiger partial charge is 0.324 e. The molecule has 138 valence electrons. The summed E-state index contributed by atoms with van der Waals surface area (Å²) >= 11 is 0. The van der Waals surface area contributed by atoms with Gasteiger partial charge in [-0.2, -0.15) is 0 Å². The molecule has 1 N–H and O–H groups in total. The van der Waals surface area contributed by atoms with Crippen LogP contribution in [-0.4, -0.2) is 30.4 Å². The third-order valence-corrected chi connectivity index (χ3v) is 5.09. The van der Waals surface area contributed by atoms with Gasteiger partial charge >= 0.3 is 0 Å². The van der Waals surface area contributed by atoms with Crippen LogP contribution in [0.5, 0.6) is 0 Å². The molecule has 1 aliphatic heterocycles. The van der Waals surface area contributed by atoms with Crippen molar-refractivity contribution in [2.75, 3.05) is 25.0 Å². The van der Waals surface area contributed by atoms with Crippen molar-refractivity contribution in [3.05, 3.63) is 66.0 Å². The first-order valence-electron chi connectivity index (χ1n) is 9.51. The highest BCUT2D eigenvalue weighted by Gasteiger charge is 2.20. The zero-order valence-electron chi connectivity index (χ0n) is 15.2. The van der Waals surface area contributed by atoms with E-state index in [1.807, 2.05) is 6.07 Å². The van der Waals surface area contributed by atoms with E-state index in [0.29, 0.717) is 12.3 Å². The Labute approximate surface area is 155 Å². The van der Waals surface area contributed by atoms with Crippen molar-refractivity contribution >= 4 is 11.6 Å². The standard InChI is InChI=1S/C22H27FN2O/c23-20-10-4-5-11-21(20)24-22(26)13-12-19-9-6-15-25(17-19)16-14-18-7-2-1-3-8-18/h1-5,7-8,10-11,19H,6,9,12-17H2,(H,24,26)/t19-/m1/s1. The molecule has 1 saturated heterocycles. The van der Waals surface area contributed by atoms with Crippen LogP contribution in [0.15, 0.2) is 54.6 Å². The third-order valence-electron chi connectivity index (χ3n) is 5.09. The van der Waals surface area contributed by atoms with Crippen LogP contribution < -0.4 is 5.32 Å². The van der Waals surface area contributed by atoms with Crippen molar-refractivity contribution in [1.29, 1.82) is 0 Å². The third kappa shape index (κ3) is 5.67. The van der Waals surface area contributed by atoms with Crippen LogP contribution in [0, 0.1) is 11.7 Å². The molecule has 4 heteroatoms. The maximum atomic E-state index is 13.6. The van der Waals surface area contributed by atoms with Crippen LogP contribution in [0.2, 0.25) is 0 Å². The predicted octanol–water partition coefficient (Wildman–Crippen LogP) is 4.50. The lowest BCUT2D eigenvalue weighted by molar-refractivity contribution is -0.116. The summed E-state index contributed by atoms with van der Waals surface area (Å²) < 4.78 is 13.6. The molecule has 1 fully saturated rings. The first-order chi connectivity index (χ1) is 12.7. The summed E-state index contributed by atoms with van der Waals surface area (Å²) in [6, 6.07) is 16.9. The Morgan fingerprint density at radius 1 is 1.12 bits per heavy atom. The maximum Gasteiger partial charge on any atom is 0.224 e. The Hall–Kier alpha value is -2.20. The molecule has 1 aliphatic rings. The molecule has 0 unspecified atom stereocenters. The zero-order chi connectivity index (χ0) is 18.2. The Bertz CT molecular complexity index is 704. The van der Waals surface area contributed by atoms with Gasteiger partial charge in [-0.25, -0.2) is 4.39 Å². The number of anilines is 1. The second-order valence-electron chi connectivity index (χ2n) is 7.11. The second-order valence-corrected chi connectivity index (χ2v) is 7.11. The number of likely N-dealkylation sites (tertiary alicyclic amines) is 1. The van der Waals surface area contributed by atoms with Gasteiger partial charge in [-0.05, 0) is 55.8 Å². The quantitative estimate of drug-likeness (QED) is 0.794. The van der Waals surface area contributed by atoms with Gasteiger partial charge in [0, 0.05) is 19.5 Å². The van der Waals surface area contributed by atoms with Gasteiger partial charge < -0.3 is 10.2 Å². The van der Waals surface area contributed by atoms with Crippen molar-refractivity contribution in [3.8, 4) is 0 Å². The molecular formula is C22H27FN2O. The number of nitrogens with zero attached hydrogens (tertiary/aromatic N) is 1. The summed E-state index contributed by atoms with van der Waals surface area (Å²) in [4.78, 5) is 14.6. The Balaban J connectivity index is 1.40. The second kappa shape index (κ2) is 9.48. The number of amides is 1. The molecule has 26 heavy (non-hydrogen) atoms. The van der Waals surface area contributed by atoms with E-state index >= 15 is 0 Å². The van der Waals surface area contributed by atoms with Crippen LogP contribution in [-0.2, 0) is 11.2 Å². The molecule has 0 aromatic heterocycles. The van der Waals surface area contributed by atoms with Gasteiger partial charge in [0.15, 0.2) is 0 Å². The van der Waals surface area contributed by atoms with Crippen LogP contribution in [0.25, 0.3) is 0 Å². The Kier molecular flexibility index (Phi) is 6.78. The topological polar surface area (TPSA) is 32.3 Å². The molecule has 3 rings (SSSR count). The van der Waals surface area contributed by atoms with E-state index in [1.54, 1.807) is 18.2 Å². The molecular weight excluding hydrogens is 327 g/mol. The fraction of sp³-hybridized carbons (Fsp3) is 0.409. The predicted molar refractivity (Wildman–Crippen MR) is 104 cm³/mol. The van der Waals surface area contributed by atoms with E-state index in [9.17, 15) is 9.18 Å². The van der Waals surface area contributed by atoms with Gasteiger partial charge in [0.2, 0.25) is 5.91 Å². The average molecular weight is 354 g/mol. The average Bonchev–Trinajstić information content (AvgIpc) is 2.68. The summed E-state index contributed by atoms with van der Waals surface area (Å²) in [5, 5.41) is 2.68. The summed E-state index contributed by atoms with van der Waals surface area (Å²) in [6.07, 6.45) is 4.75. The van der Waals surface area contributed by atoms with E-state index in [2.05, 4.69) is 34.5 Å². The van der Waals surface area contributed by atoms with Crippen molar-refractivity contribution in [2.24, 2.45) is 5.92 Å². The minimum Gasteiger partial charge on any atom is -0.324 e. The smallest absolute Gasteiger partial charge is 0.224 e. The number of para-hydroxylation sites is 1. The molecule has 1 atom stereocenters. The van der Waals surface area contributed by atoms with E-state index < -0.39 is 0 Å². The fourth-order valence-electron chi connectivity index (χ4n) is 3.63. The summed E-state index contributed by atoms with van der Waals surface area (Å²) in [5.74, 6) is 0.0630. The van der Waals surface area contributed by atoms with Crippen molar-refractivity contribution in [2.45, 2.75) is 32.1 Å². The molecule has 0 radical (unpaired) electrons. The number of piperidine rings is 1. The highest BCUT2D eigenvalue weighted by molar-refractivity contribution is 5.90. The fourth-order valence-corrected chi connectivity index (χ4v) is 3.63. The number of carbonyl (C=O) groups excluding carboxylic acids is 1. The van der Waals surface area contributed by atoms with Crippen molar-refractivity contribution in [1.82, 2.24) is 4.90 Å². The van der Waals surface area contributed by atoms with Gasteiger partial charge in [0.25, 0.3) is 0 Å². The van der Waals surface area contributed by atoms with Gasteiger partial charge in [-0.3, -0.25) is 4.79 Å². The van der Waals surface area contributed by atoms with Crippen LogP contribution in [0.4, 0.5) is 10.1 Å². The SMILES string of the molecule is O=C(CC[C@H]1CCCN(CCc2ccccc2)C1)Nc1ccccc1F. The molecule has 3 nitrogen and oxygen atoms in total. The molecule has 2 aromatic carbocycles. The Morgan fingerprint density at radius 2 is 1.88 bits per heavy atom. The number of rotatable bonds is 7. The van der Waals surface area contributed by atoms with E-state index in [4.69, 9.17) is 0 Å². The molecule has 1 amide bonds. The molecule has 0 spiro atoms. The summed E-state index contributed by atoms with van der Waals surface area (Å²) in [6.45, 7) is 3.27. The van der Waals surface area contributed by atoms with Crippen LogP contribution in [0.1, 0.15) is 31.2 Å². The first kappa shape index (κ1) is 18.6. The highest BCUT2D eigenvalue weighted by Crippen LogP contribution is 2.22. The first-order valence-corrected chi connectivity index (χ1v) is 9.51. The minimum atomic E-state index is -0.384. The summed E-state index contributed by atoms with van der Waals surface area (Å²) in [7, 11) is 0. The van der Waals surface area contributed by atoms with Gasteiger partial charge in [0.05, 0.1) is 5.69 Å². The van der Waals surface area contributed by atoms with Crippen molar-refractivity contribution < 1.29 is 9.18 Å². The Morgan fingerprint density at radius 3 is 2.69 bits per heavy atom. The summed E-state index contributed by atoms with van der Waals surface area (Å²) in [5.41, 5.74) is 1.64. The minimum absolute atomic E-state index is 0.100. The van der Waals surface area contributed by atoms with E-state index in [0.717, 1.165) is 32.5 Å². The monoisotopic (exact) mass is 354 g/mol. The van der Waals surface area contributed by atoms with E-state index in [-0.39, 0.29) is 17.4 Å². The normalized spacial score (nSPS) is 17.8. The molecule has 2 aromatic rings. The number of hydrogen-bond acceptors (Lipinski definition) is 2. The number of hydrogen-bond donors (Lipinski definition) is 1. The van der Waals surface area contributed by atoms with Crippen molar-refractivity contribution in [3.63, 3.8) is 0 Å². The number of nitrogens with one attached hydrogen (secondary N) is 1. The number of halogens is 1. The maximum absolute atomic E-state index is 13.6. The lowest BCUT2D eigenvalue weighted by Crippen LogP contribution is -2.37. The number of carbonyl (C=O) groups is 1. The van der Waals surface area contributed by atoms with E-state index in [1.165, 1.54) is 24.5 Å². The van der Waals surface area contributed by atoms with Gasteiger partial charge in [0.1, 0.15) is 5.82 Å². The molecule has 0 saturated carbocycles.